The van der Waals surface area contributed by atoms with Gasteiger partial charge in [0.1, 0.15) is 5.94 Å². The summed E-state index contributed by atoms with van der Waals surface area (Å²) < 4.78 is 0. The zero-order valence-corrected chi connectivity index (χ0v) is 10.9. The Morgan fingerprint density at radius 3 is 2.47 bits per heavy atom. The van der Waals surface area contributed by atoms with Crippen LogP contribution in [0.5, 0.6) is 0 Å². The van der Waals surface area contributed by atoms with E-state index in [1.165, 1.54) is 0 Å². The lowest BCUT2D eigenvalue weighted by atomic mass is 9.98. The van der Waals surface area contributed by atoms with Gasteiger partial charge in [0.05, 0.1) is 6.61 Å². The van der Waals surface area contributed by atoms with E-state index < -0.39 is 12.0 Å². The van der Waals surface area contributed by atoms with Crippen molar-refractivity contribution in [2.75, 3.05) is 0 Å². The van der Waals surface area contributed by atoms with Crippen molar-refractivity contribution in [3.05, 3.63) is 41.5 Å². The third-order valence-electron chi connectivity index (χ3n) is 2.58. The maximum atomic E-state index is 11.1. The van der Waals surface area contributed by atoms with Gasteiger partial charge in [0.25, 0.3) is 0 Å². The average Bonchev–Trinajstić information content (AvgIpc) is 2.38. The lowest BCUT2D eigenvalue weighted by molar-refractivity contribution is -0.143. The molecule has 1 aromatic carbocycles. The average molecular weight is 263 g/mol. The van der Waals surface area contributed by atoms with Gasteiger partial charge in [-0.25, -0.2) is 4.79 Å². The number of carbonyl (C=O) groups is 1. The summed E-state index contributed by atoms with van der Waals surface area (Å²) in [6.45, 7) is 3.68. The van der Waals surface area contributed by atoms with Gasteiger partial charge in [-0.2, -0.15) is 5.48 Å². The fraction of sp³-hybridized carbons (Fsp3) is 0.357. The van der Waals surface area contributed by atoms with Crippen molar-refractivity contribution in [1.29, 1.82) is 0 Å². The van der Waals surface area contributed by atoms with Crippen molar-refractivity contribution in [2.45, 2.75) is 26.5 Å². The number of hydrogen-bond donors (Lipinski definition) is 2. The molecule has 1 atom stereocenters. The van der Waals surface area contributed by atoms with Crippen LogP contribution in [-0.2, 0) is 21.0 Å². The second-order valence-corrected chi connectivity index (χ2v) is 4.38. The van der Waals surface area contributed by atoms with Crippen molar-refractivity contribution in [1.82, 2.24) is 5.48 Å². The highest BCUT2D eigenvalue weighted by molar-refractivity contribution is 5.81. The molecular formula is C14H17NO4. The summed E-state index contributed by atoms with van der Waals surface area (Å²) in [5.74, 6) is 0.292. The van der Waals surface area contributed by atoms with Gasteiger partial charge in [-0.3, -0.25) is 9.63 Å². The van der Waals surface area contributed by atoms with Crippen molar-refractivity contribution in [2.24, 2.45) is 5.92 Å². The maximum Gasteiger partial charge on any atom is 0.328 e. The predicted molar refractivity (Wildman–Crippen MR) is 69.8 cm³/mol. The molecule has 5 heteroatoms. The molecule has 0 saturated heterocycles. The van der Waals surface area contributed by atoms with Crippen LogP contribution in [-0.4, -0.2) is 23.1 Å². The number of aliphatic carboxylic acids is 1. The highest BCUT2D eigenvalue weighted by Crippen LogP contribution is 2.11. The van der Waals surface area contributed by atoms with Crippen molar-refractivity contribution in [3.63, 3.8) is 0 Å². The summed E-state index contributed by atoms with van der Waals surface area (Å²) in [4.78, 5) is 27.1. The van der Waals surface area contributed by atoms with E-state index in [9.17, 15) is 9.59 Å². The van der Waals surface area contributed by atoms with Gasteiger partial charge in [-0.1, -0.05) is 44.2 Å². The molecule has 102 valence electrons. The number of carboxylic acids is 1. The van der Waals surface area contributed by atoms with Crippen LogP contribution in [0.15, 0.2) is 35.9 Å². The summed E-state index contributed by atoms with van der Waals surface area (Å²) in [6.07, 6.45) is 0. The van der Waals surface area contributed by atoms with E-state index in [2.05, 4.69) is 5.48 Å². The van der Waals surface area contributed by atoms with Crippen molar-refractivity contribution >= 4 is 11.9 Å². The molecule has 0 amide bonds. The fourth-order valence-electron chi connectivity index (χ4n) is 1.54. The molecule has 1 aromatic rings. The van der Waals surface area contributed by atoms with Gasteiger partial charge in [0.2, 0.25) is 0 Å². The molecule has 5 nitrogen and oxygen atoms in total. The number of nitrogens with one attached hydrogen (secondary N) is 1. The second-order valence-electron chi connectivity index (χ2n) is 4.38. The molecule has 0 heterocycles. The standard InChI is InChI=1S/C14H17NO4/c1-10(2)12(8-16)13(14(17)18)15-19-9-11-6-4-3-5-7-11/h3-7,10,13,15H,9H2,1-2H3,(H,17,18). The zero-order valence-electron chi connectivity index (χ0n) is 10.9. The van der Waals surface area contributed by atoms with Crippen LogP contribution in [0.2, 0.25) is 0 Å². The summed E-state index contributed by atoms with van der Waals surface area (Å²) in [7, 11) is 0. The Morgan fingerprint density at radius 2 is 2.00 bits per heavy atom. The molecule has 0 aliphatic heterocycles. The lowest BCUT2D eigenvalue weighted by Crippen LogP contribution is -2.40. The van der Waals surface area contributed by atoms with Crippen LogP contribution in [0.3, 0.4) is 0 Å². The third kappa shape index (κ3) is 4.67. The molecule has 0 bridgehead atoms. The van der Waals surface area contributed by atoms with E-state index >= 15 is 0 Å². The minimum Gasteiger partial charge on any atom is -0.480 e. The van der Waals surface area contributed by atoms with Gasteiger partial charge < -0.3 is 5.11 Å². The molecule has 0 aliphatic rings. The highest BCUT2D eigenvalue weighted by Gasteiger charge is 2.25. The Kier molecular flexibility index (Phi) is 5.96. The number of carboxylic acid groups (broad SMARTS) is 1. The van der Waals surface area contributed by atoms with Crippen LogP contribution < -0.4 is 5.48 Å². The molecule has 0 fully saturated rings. The Morgan fingerprint density at radius 1 is 1.37 bits per heavy atom. The fourth-order valence-corrected chi connectivity index (χ4v) is 1.54. The van der Waals surface area contributed by atoms with Crippen LogP contribution in [0.1, 0.15) is 19.4 Å². The SMILES string of the molecule is CC(C)C(=C=O)C(NOCc1ccccc1)C(=O)O. The Hall–Kier alpha value is -1.94. The molecule has 2 N–H and O–H groups in total. The summed E-state index contributed by atoms with van der Waals surface area (Å²) >= 11 is 0. The minimum atomic E-state index is -1.18. The molecule has 0 aromatic heterocycles. The first-order valence-corrected chi connectivity index (χ1v) is 5.95. The quantitative estimate of drug-likeness (QED) is 0.577. The van der Waals surface area contributed by atoms with E-state index in [0.717, 1.165) is 5.56 Å². The monoisotopic (exact) mass is 263 g/mol. The first-order valence-electron chi connectivity index (χ1n) is 5.95. The zero-order chi connectivity index (χ0) is 14.3. The Labute approximate surface area is 111 Å². The maximum absolute atomic E-state index is 11.1. The van der Waals surface area contributed by atoms with E-state index in [4.69, 9.17) is 9.94 Å². The predicted octanol–water partition coefficient (Wildman–Crippen LogP) is 1.57. The molecule has 19 heavy (non-hydrogen) atoms. The number of hydroxylamine groups is 1. The second kappa shape index (κ2) is 7.48. The van der Waals surface area contributed by atoms with E-state index in [0.29, 0.717) is 0 Å². The lowest BCUT2D eigenvalue weighted by Gasteiger charge is -2.17. The summed E-state index contributed by atoms with van der Waals surface area (Å²) in [5, 5.41) is 9.08. The normalized spacial score (nSPS) is 11.9. The number of benzene rings is 1. The smallest absolute Gasteiger partial charge is 0.328 e. The molecule has 1 unspecified atom stereocenters. The molecule has 0 saturated carbocycles. The molecule has 0 spiro atoms. The molecular weight excluding hydrogens is 246 g/mol. The molecule has 1 rings (SSSR count). The van der Waals surface area contributed by atoms with Crippen LogP contribution in [0, 0.1) is 5.92 Å². The number of rotatable bonds is 7. The van der Waals surface area contributed by atoms with Crippen LogP contribution in [0.4, 0.5) is 0 Å². The van der Waals surface area contributed by atoms with E-state index in [-0.39, 0.29) is 18.1 Å². The molecule has 0 radical (unpaired) electrons. The number of hydrogen-bond acceptors (Lipinski definition) is 4. The van der Waals surface area contributed by atoms with Gasteiger partial charge in [-0.15, -0.1) is 0 Å². The first-order chi connectivity index (χ1) is 9.06. The topological polar surface area (TPSA) is 75.6 Å². The van der Waals surface area contributed by atoms with E-state index in [1.54, 1.807) is 19.8 Å². The van der Waals surface area contributed by atoms with Gasteiger partial charge in [-0.05, 0) is 11.5 Å². The first kappa shape index (κ1) is 15.1. The van der Waals surface area contributed by atoms with Crippen LogP contribution >= 0.6 is 0 Å². The molecule has 0 aliphatic carbocycles. The Balaban J connectivity index is 2.61. The summed E-state index contributed by atoms with van der Waals surface area (Å²) in [6, 6.07) is 8.13. The Bertz CT molecular complexity index is 464. The van der Waals surface area contributed by atoms with Crippen LogP contribution in [0.25, 0.3) is 0 Å². The van der Waals surface area contributed by atoms with Crippen molar-refractivity contribution < 1.29 is 19.5 Å². The summed E-state index contributed by atoms with van der Waals surface area (Å²) in [5.41, 5.74) is 3.43. The van der Waals surface area contributed by atoms with E-state index in [1.807, 2.05) is 30.3 Å². The number of carbonyl (C=O) groups excluding carboxylic acids is 1. The minimum absolute atomic E-state index is 0.126. The highest BCUT2D eigenvalue weighted by atomic mass is 16.6. The van der Waals surface area contributed by atoms with Crippen molar-refractivity contribution in [3.8, 4) is 0 Å². The van der Waals surface area contributed by atoms with Gasteiger partial charge >= 0.3 is 5.97 Å². The largest absolute Gasteiger partial charge is 0.480 e. The third-order valence-corrected chi connectivity index (χ3v) is 2.58. The van der Waals surface area contributed by atoms with Gasteiger partial charge in [0, 0.05) is 5.57 Å². The van der Waals surface area contributed by atoms with Gasteiger partial charge in [0.15, 0.2) is 6.04 Å².